The summed E-state index contributed by atoms with van der Waals surface area (Å²) in [6, 6.07) is 11.0. The minimum absolute atomic E-state index is 0.000471. The summed E-state index contributed by atoms with van der Waals surface area (Å²) in [4.78, 5) is 4.19. The van der Waals surface area contributed by atoms with Crippen molar-refractivity contribution in [2.75, 3.05) is 0 Å². The standard InChI is InChI=1S/C14H9ClN2O3/c15-9-4-5-12(19)11(7-9)14-16-13(17-20-14)8-2-1-3-10(18)6-8/h1-7,18-19H. The lowest BCUT2D eigenvalue weighted by Gasteiger charge is -1.99. The van der Waals surface area contributed by atoms with Crippen LogP contribution in [-0.4, -0.2) is 20.4 Å². The molecule has 0 fully saturated rings. The summed E-state index contributed by atoms with van der Waals surface area (Å²) in [7, 11) is 0. The number of hydrogen-bond donors (Lipinski definition) is 2. The van der Waals surface area contributed by atoms with Gasteiger partial charge in [-0.05, 0) is 30.3 Å². The molecule has 20 heavy (non-hydrogen) atoms. The van der Waals surface area contributed by atoms with Crippen LogP contribution in [0.3, 0.4) is 0 Å². The number of aromatic nitrogens is 2. The molecule has 0 aliphatic carbocycles. The van der Waals surface area contributed by atoms with E-state index in [2.05, 4.69) is 10.1 Å². The predicted molar refractivity (Wildman–Crippen MR) is 73.5 cm³/mol. The molecule has 3 rings (SSSR count). The predicted octanol–water partition coefficient (Wildman–Crippen LogP) is 3.47. The van der Waals surface area contributed by atoms with Crippen molar-refractivity contribution in [3.63, 3.8) is 0 Å². The quantitative estimate of drug-likeness (QED) is 0.755. The highest BCUT2D eigenvalue weighted by Gasteiger charge is 2.14. The molecule has 5 nitrogen and oxygen atoms in total. The van der Waals surface area contributed by atoms with Crippen LogP contribution in [0.1, 0.15) is 0 Å². The molecule has 100 valence electrons. The highest BCUT2D eigenvalue weighted by atomic mass is 35.5. The maximum Gasteiger partial charge on any atom is 0.262 e. The molecule has 0 radical (unpaired) electrons. The van der Waals surface area contributed by atoms with E-state index in [1.807, 2.05) is 0 Å². The Kier molecular flexibility index (Phi) is 3.04. The number of nitrogens with zero attached hydrogens (tertiary/aromatic N) is 2. The van der Waals surface area contributed by atoms with Crippen LogP contribution in [0.15, 0.2) is 47.0 Å². The molecule has 0 amide bonds. The summed E-state index contributed by atoms with van der Waals surface area (Å²) >= 11 is 5.88. The zero-order chi connectivity index (χ0) is 14.1. The van der Waals surface area contributed by atoms with Gasteiger partial charge in [-0.15, -0.1) is 0 Å². The van der Waals surface area contributed by atoms with E-state index in [1.54, 1.807) is 24.3 Å². The van der Waals surface area contributed by atoms with Crippen molar-refractivity contribution in [3.05, 3.63) is 47.5 Å². The van der Waals surface area contributed by atoms with Crippen molar-refractivity contribution in [3.8, 4) is 34.3 Å². The second kappa shape index (κ2) is 4.86. The first-order chi connectivity index (χ1) is 9.63. The van der Waals surface area contributed by atoms with Crippen molar-refractivity contribution in [2.24, 2.45) is 0 Å². The lowest BCUT2D eigenvalue weighted by molar-refractivity contribution is 0.425. The van der Waals surface area contributed by atoms with Gasteiger partial charge in [0.1, 0.15) is 11.5 Å². The summed E-state index contributed by atoms with van der Waals surface area (Å²) in [6.07, 6.45) is 0. The monoisotopic (exact) mass is 288 g/mol. The molecule has 2 N–H and O–H groups in total. The van der Waals surface area contributed by atoms with Crippen molar-refractivity contribution in [1.82, 2.24) is 10.1 Å². The van der Waals surface area contributed by atoms with Gasteiger partial charge in [-0.2, -0.15) is 4.98 Å². The molecule has 1 heterocycles. The Bertz CT molecular complexity index is 771. The van der Waals surface area contributed by atoms with Crippen LogP contribution < -0.4 is 0 Å². The van der Waals surface area contributed by atoms with Crippen LogP contribution in [0, 0.1) is 0 Å². The van der Waals surface area contributed by atoms with Crippen LogP contribution >= 0.6 is 11.6 Å². The number of hydrogen-bond acceptors (Lipinski definition) is 5. The minimum Gasteiger partial charge on any atom is -0.508 e. The summed E-state index contributed by atoms with van der Waals surface area (Å²) in [5.41, 5.74) is 0.970. The second-order valence-electron chi connectivity index (χ2n) is 4.13. The summed E-state index contributed by atoms with van der Waals surface area (Å²) in [5.74, 6) is 0.582. The van der Waals surface area contributed by atoms with Gasteiger partial charge in [0.05, 0.1) is 5.56 Å². The first kappa shape index (κ1) is 12.5. The number of benzene rings is 2. The first-order valence-corrected chi connectivity index (χ1v) is 6.13. The molecule has 3 aromatic rings. The molecular formula is C14H9ClN2O3. The van der Waals surface area contributed by atoms with Crippen LogP contribution in [0.2, 0.25) is 5.02 Å². The third-order valence-electron chi connectivity index (χ3n) is 2.72. The van der Waals surface area contributed by atoms with E-state index in [0.29, 0.717) is 22.0 Å². The zero-order valence-corrected chi connectivity index (χ0v) is 10.9. The molecule has 0 aliphatic rings. The van der Waals surface area contributed by atoms with E-state index in [4.69, 9.17) is 16.1 Å². The molecule has 1 aromatic heterocycles. The van der Waals surface area contributed by atoms with E-state index < -0.39 is 0 Å². The summed E-state index contributed by atoms with van der Waals surface area (Å²) in [5, 5.41) is 23.5. The fourth-order valence-corrected chi connectivity index (χ4v) is 1.95. The molecule has 0 bridgehead atoms. The number of phenols is 2. The molecule has 0 aliphatic heterocycles. The van der Waals surface area contributed by atoms with Crippen molar-refractivity contribution >= 4 is 11.6 Å². The van der Waals surface area contributed by atoms with E-state index in [0.717, 1.165) is 0 Å². The maximum absolute atomic E-state index is 9.79. The van der Waals surface area contributed by atoms with E-state index >= 15 is 0 Å². The van der Waals surface area contributed by atoms with Crippen LogP contribution in [0.4, 0.5) is 0 Å². The van der Waals surface area contributed by atoms with Crippen LogP contribution in [0.25, 0.3) is 22.8 Å². The number of rotatable bonds is 2. The maximum atomic E-state index is 9.79. The SMILES string of the molecule is Oc1cccc(-c2noc(-c3cc(Cl)ccc3O)n2)c1. The highest BCUT2D eigenvalue weighted by molar-refractivity contribution is 6.30. The van der Waals surface area contributed by atoms with E-state index in [1.165, 1.54) is 18.2 Å². The van der Waals surface area contributed by atoms with Crippen LogP contribution in [-0.2, 0) is 0 Å². The van der Waals surface area contributed by atoms with Gasteiger partial charge in [0.15, 0.2) is 0 Å². The lowest BCUT2D eigenvalue weighted by Crippen LogP contribution is -1.82. The van der Waals surface area contributed by atoms with Gasteiger partial charge < -0.3 is 14.7 Å². The van der Waals surface area contributed by atoms with Gasteiger partial charge >= 0.3 is 0 Å². The summed E-state index contributed by atoms with van der Waals surface area (Å²) < 4.78 is 5.12. The molecule has 0 unspecified atom stereocenters. The van der Waals surface area contributed by atoms with Gasteiger partial charge in [-0.3, -0.25) is 0 Å². The molecule has 6 heteroatoms. The molecule has 0 atom stereocenters. The van der Waals surface area contributed by atoms with Gasteiger partial charge in [0, 0.05) is 10.6 Å². The van der Waals surface area contributed by atoms with Gasteiger partial charge in [0.25, 0.3) is 5.89 Å². The number of phenolic OH excluding ortho intramolecular Hbond substituents is 2. The fourth-order valence-electron chi connectivity index (χ4n) is 1.77. The van der Waals surface area contributed by atoms with E-state index in [9.17, 15) is 10.2 Å². The molecule has 0 spiro atoms. The normalized spacial score (nSPS) is 10.7. The van der Waals surface area contributed by atoms with Gasteiger partial charge in [-0.25, -0.2) is 0 Å². The third-order valence-corrected chi connectivity index (χ3v) is 2.95. The Morgan fingerprint density at radius 3 is 2.70 bits per heavy atom. The zero-order valence-electron chi connectivity index (χ0n) is 10.1. The fraction of sp³-hybridized carbons (Fsp3) is 0. The Morgan fingerprint density at radius 1 is 1.05 bits per heavy atom. The Hall–Kier alpha value is -2.53. The average molecular weight is 289 g/mol. The minimum atomic E-state index is 0.000471. The average Bonchev–Trinajstić information content (AvgIpc) is 2.91. The highest BCUT2D eigenvalue weighted by Crippen LogP contribution is 2.32. The topological polar surface area (TPSA) is 79.4 Å². The molecule has 0 saturated heterocycles. The molecule has 2 aromatic carbocycles. The number of aromatic hydroxyl groups is 2. The molecule has 0 saturated carbocycles. The van der Waals surface area contributed by atoms with E-state index in [-0.39, 0.29) is 17.4 Å². The Labute approximate surface area is 119 Å². The van der Waals surface area contributed by atoms with Crippen LogP contribution in [0.5, 0.6) is 11.5 Å². The lowest BCUT2D eigenvalue weighted by atomic mass is 10.2. The smallest absolute Gasteiger partial charge is 0.262 e. The third kappa shape index (κ3) is 2.31. The second-order valence-corrected chi connectivity index (χ2v) is 4.57. The Balaban J connectivity index is 2.04. The van der Waals surface area contributed by atoms with Gasteiger partial charge in [-0.1, -0.05) is 28.9 Å². The first-order valence-electron chi connectivity index (χ1n) is 5.75. The van der Waals surface area contributed by atoms with Gasteiger partial charge in [0.2, 0.25) is 5.82 Å². The van der Waals surface area contributed by atoms with Crippen molar-refractivity contribution < 1.29 is 14.7 Å². The van der Waals surface area contributed by atoms with Crippen molar-refractivity contribution in [2.45, 2.75) is 0 Å². The number of halogens is 1. The summed E-state index contributed by atoms with van der Waals surface area (Å²) in [6.45, 7) is 0. The largest absolute Gasteiger partial charge is 0.508 e. The van der Waals surface area contributed by atoms with Crippen molar-refractivity contribution in [1.29, 1.82) is 0 Å². The molecular weight excluding hydrogens is 280 g/mol. The Morgan fingerprint density at radius 2 is 1.90 bits per heavy atom.